The van der Waals surface area contributed by atoms with E-state index in [-0.39, 0.29) is 11.3 Å². The molecule has 2 fully saturated rings. The minimum atomic E-state index is -3.20. The second kappa shape index (κ2) is 8.47. The van der Waals surface area contributed by atoms with Crippen molar-refractivity contribution < 1.29 is 8.42 Å². The molecule has 5 nitrogen and oxygen atoms in total. The van der Waals surface area contributed by atoms with Crippen LogP contribution in [0.4, 0.5) is 5.69 Å². The number of rotatable bonds is 7. The summed E-state index contributed by atoms with van der Waals surface area (Å²) in [6.07, 6.45) is 4.79. The molecule has 5 rings (SSSR count). The van der Waals surface area contributed by atoms with Gasteiger partial charge in [0.25, 0.3) is 0 Å². The minimum absolute atomic E-state index is 0.125. The Morgan fingerprint density at radius 2 is 1.84 bits per heavy atom. The first-order valence-corrected chi connectivity index (χ1v) is 13.7. The lowest BCUT2D eigenvalue weighted by Crippen LogP contribution is -2.68. The molecule has 2 aromatic rings. The summed E-state index contributed by atoms with van der Waals surface area (Å²) in [6.45, 7) is 7.58. The first-order chi connectivity index (χ1) is 15.4. The van der Waals surface area contributed by atoms with Gasteiger partial charge in [-0.3, -0.25) is 4.90 Å². The molecule has 0 aromatic heterocycles. The van der Waals surface area contributed by atoms with Crippen molar-refractivity contribution in [3.05, 3.63) is 65.2 Å². The number of nitrogens with one attached hydrogen (secondary N) is 1. The summed E-state index contributed by atoms with van der Waals surface area (Å²) in [5.74, 6) is 0.633. The highest BCUT2D eigenvalue weighted by molar-refractivity contribution is 7.89. The summed E-state index contributed by atoms with van der Waals surface area (Å²) in [7, 11) is -3.20. The molecule has 172 valence electrons. The molecule has 0 radical (unpaired) electrons. The van der Waals surface area contributed by atoms with E-state index in [0.717, 1.165) is 12.8 Å². The molecule has 32 heavy (non-hydrogen) atoms. The Bertz CT molecular complexity index is 1060. The molecule has 1 N–H and O–H groups in total. The summed E-state index contributed by atoms with van der Waals surface area (Å²) in [4.78, 5) is 4.99. The average Bonchev–Trinajstić information content (AvgIpc) is 2.72. The number of hydrogen-bond acceptors (Lipinski definition) is 4. The molecule has 3 aliphatic rings. The van der Waals surface area contributed by atoms with E-state index in [2.05, 4.69) is 63.1 Å². The first-order valence-electron chi connectivity index (χ1n) is 12.0. The molecule has 2 aliphatic heterocycles. The second-order valence-electron chi connectivity index (χ2n) is 10.1. The maximum atomic E-state index is 12.1. The standard InChI is InChI=1S/C26H35N3O2S/c1-3-32(30,31)27-26(2)18-29(19-26)22-12-10-21-11-13-25(28-14-7-15-28)24(23(21)17-22)16-20-8-5-4-6-9-20/h4-6,8-10,12,17,24-25,27H,3,7,11,13-16,18-19H2,1-2H3. The zero-order chi connectivity index (χ0) is 22.3. The van der Waals surface area contributed by atoms with Crippen LogP contribution < -0.4 is 9.62 Å². The smallest absolute Gasteiger partial charge is 0.211 e. The van der Waals surface area contributed by atoms with Gasteiger partial charge in [0, 0.05) is 30.7 Å². The number of anilines is 1. The van der Waals surface area contributed by atoms with Gasteiger partial charge in [-0.25, -0.2) is 13.1 Å². The molecule has 0 bridgehead atoms. The lowest BCUT2D eigenvalue weighted by molar-refractivity contribution is 0.0877. The monoisotopic (exact) mass is 453 g/mol. The van der Waals surface area contributed by atoms with Gasteiger partial charge in [-0.15, -0.1) is 0 Å². The van der Waals surface area contributed by atoms with E-state index in [0.29, 0.717) is 25.0 Å². The Morgan fingerprint density at radius 3 is 2.50 bits per heavy atom. The van der Waals surface area contributed by atoms with Crippen molar-refractivity contribution in [3.8, 4) is 0 Å². The lowest BCUT2D eigenvalue weighted by Gasteiger charge is -2.50. The van der Waals surface area contributed by atoms with Crippen LogP contribution in [0.25, 0.3) is 0 Å². The fraction of sp³-hybridized carbons (Fsp3) is 0.538. The summed E-state index contributed by atoms with van der Waals surface area (Å²) in [6, 6.07) is 18.5. The van der Waals surface area contributed by atoms with Crippen LogP contribution in [0.2, 0.25) is 0 Å². The molecular weight excluding hydrogens is 418 g/mol. The number of hydrogen-bond donors (Lipinski definition) is 1. The number of fused-ring (bicyclic) bond motifs is 1. The highest BCUT2D eigenvalue weighted by Crippen LogP contribution is 2.41. The topological polar surface area (TPSA) is 52.7 Å². The van der Waals surface area contributed by atoms with E-state index in [9.17, 15) is 8.42 Å². The van der Waals surface area contributed by atoms with E-state index in [1.807, 2.05) is 6.92 Å². The summed E-state index contributed by atoms with van der Waals surface area (Å²) in [5.41, 5.74) is 5.23. The van der Waals surface area contributed by atoms with Gasteiger partial charge in [-0.05, 0) is 81.4 Å². The Kier molecular flexibility index (Phi) is 5.81. The molecule has 2 atom stereocenters. The Morgan fingerprint density at radius 1 is 1.09 bits per heavy atom. The third kappa shape index (κ3) is 4.33. The van der Waals surface area contributed by atoms with Gasteiger partial charge in [0.2, 0.25) is 10.0 Å². The predicted octanol–water partition coefficient (Wildman–Crippen LogP) is 3.55. The van der Waals surface area contributed by atoms with Crippen molar-refractivity contribution >= 4 is 15.7 Å². The van der Waals surface area contributed by atoms with Crippen molar-refractivity contribution in [3.63, 3.8) is 0 Å². The third-order valence-electron chi connectivity index (χ3n) is 7.59. The fourth-order valence-corrected chi connectivity index (χ4v) is 6.80. The van der Waals surface area contributed by atoms with Crippen molar-refractivity contribution in [2.24, 2.45) is 0 Å². The molecule has 2 saturated heterocycles. The van der Waals surface area contributed by atoms with Gasteiger partial charge in [-0.1, -0.05) is 36.4 Å². The Hall–Kier alpha value is -1.89. The largest absolute Gasteiger partial charge is 0.368 e. The first kappa shape index (κ1) is 21.9. The van der Waals surface area contributed by atoms with Gasteiger partial charge < -0.3 is 4.90 Å². The van der Waals surface area contributed by atoms with Crippen molar-refractivity contribution in [1.29, 1.82) is 0 Å². The van der Waals surface area contributed by atoms with Gasteiger partial charge >= 0.3 is 0 Å². The normalized spacial score (nSPS) is 25.0. The lowest BCUT2D eigenvalue weighted by atomic mass is 9.74. The van der Waals surface area contributed by atoms with E-state index in [4.69, 9.17) is 0 Å². The van der Waals surface area contributed by atoms with Crippen LogP contribution >= 0.6 is 0 Å². The summed E-state index contributed by atoms with van der Waals surface area (Å²) in [5, 5.41) is 0. The number of aryl methyl sites for hydroxylation is 1. The highest BCUT2D eigenvalue weighted by atomic mass is 32.2. The van der Waals surface area contributed by atoms with Gasteiger partial charge in [0.1, 0.15) is 0 Å². The molecule has 0 spiro atoms. The minimum Gasteiger partial charge on any atom is -0.368 e. The van der Waals surface area contributed by atoms with Crippen LogP contribution in [-0.2, 0) is 22.9 Å². The number of nitrogens with zero attached hydrogens (tertiary/aromatic N) is 2. The molecular formula is C26H35N3O2S. The average molecular weight is 454 g/mol. The van der Waals surface area contributed by atoms with Crippen LogP contribution in [-0.4, -0.2) is 56.8 Å². The van der Waals surface area contributed by atoms with Crippen LogP contribution in [0.3, 0.4) is 0 Å². The Labute approximate surface area is 192 Å². The van der Waals surface area contributed by atoms with Gasteiger partial charge in [-0.2, -0.15) is 0 Å². The summed E-state index contributed by atoms with van der Waals surface area (Å²) >= 11 is 0. The molecule has 0 amide bonds. The fourth-order valence-electron chi connectivity index (χ4n) is 5.78. The molecule has 0 saturated carbocycles. The number of likely N-dealkylation sites (tertiary alicyclic amines) is 1. The van der Waals surface area contributed by atoms with Crippen molar-refractivity contribution in [2.45, 2.75) is 57.0 Å². The number of benzene rings is 2. The summed E-state index contributed by atoms with van der Waals surface area (Å²) < 4.78 is 27.0. The molecule has 1 aliphatic carbocycles. The highest BCUT2D eigenvalue weighted by Gasteiger charge is 2.42. The zero-order valence-electron chi connectivity index (χ0n) is 19.3. The molecule has 2 unspecified atom stereocenters. The Balaban J connectivity index is 1.39. The van der Waals surface area contributed by atoms with Gasteiger partial charge in [0.15, 0.2) is 0 Å². The zero-order valence-corrected chi connectivity index (χ0v) is 20.1. The van der Waals surface area contributed by atoms with Crippen LogP contribution in [0.15, 0.2) is 48.5 Å². The quantitative estimate of drug-likeness (QED) is 0.697. The van der Waals surface area contributed by atoms with Crippen molar-refractivity contribution in [2.75, 3.05) is 36.8 Å². The maximum absolute atomic E-state index is 12.1. The SMILES string of the molecule is CCS(=O)(=O)NC1(C)CN(c2ccc3c(c2)C(Cc2ccccc2)C(N2CCC2)CC3)C1. The molecule has 2 aromatic carbocycles. The van der Waals surface area contributed by atoms with E-state index in [1.165, 1.54) is 48.3 Å². The van der Waals surface area contributed by atoms with Crippen LogP contribution in [0.1, 0.15) is 49.3 Å². The van der Waals surface area contributed by atoms with Crippen LogP contribution in [0.5, 0.6) is 0 Å². The maximum Gasteiger partial charge on any atom is 0.211 e. The third-order valence-corrected chi connectivity index (χ3v) is 9.15. The van der Waals surface area contributed by atoms with E-state index >= 15 is 0 Å². The van der Waals surface area contributed by atoms with E-state index in [1.54, 1.807) is 6.92 Å². The molecule has 2 heterocycles. The van der Waals surface area contributed by atoms with E-state index < -0.39 is 10.0 Å². The molecule has 6 heteroatoms. The van der Waals surface area contributed by atoms with Crippen LogP contribution in [0, 0.1) is 0 Å². The van der Waals surface area contributed by atoms with Crippen molar-refractivity contribution in [1.82, 2.24) is 9.62 Å². The second-order valence-corrected chi connectivity index (χ2v) is 12.1. The van der Waals surface area contributed by atoms with Gasteiger partial charge in [0.05, 0.1) is 11.3 Å². The predicted molar refractivity (Wildman–Crippen MR) is 131 cm³/mol. The number of sulfonamides is 1.